The molecule has 4 aromatic rings. The van der Waals surface area contributed by atoms with E-state index in [-0.39, 0.29) is 0 Å². The van der Waals surface area contributed by atoms with E-state index in [1.807, 2.05) is 24.3 Å². The van der Waals surface area contributed by atoms with E-state index in [9.17, 15) is 0 Å². The zero-order chi connectivity index (χ0) is 27.9. The number of rotatable bonds is 6. The van der Waals surface area contributed by atoms with Gasteiger partial charge in [-0.25, -0.2) is 0 Å². The van der Waals surface area contributed by atoms with Crippen molar-refractivity contribution < 1.29 is 9.47 Å². The average molecular weight is 543 g/mol. The van der Waals surface area contributed by atoms with Gasteiger partial charge in [-0.2, -0.15) is 10.2 Å². The largest absolute Gasteiger partial charge is 0.496 e. The Bertz CT molecular complexity index is 1290. The zero-order valence-corrected chi connectivity index (χ0v) is 24.3. The van der Waals surface area contributed by atoms with Crippen molar-refractivity contribution in [2.75, 3.05) is 27.3 Å². The first-order valence-corrected chi connectivity index (χ1v) is 14.3. The van der Waals surface area contributed by atoms with Crippen LogP contribution in [0.25, 0.3) is 0 Å². The zero-order valence-electron chi connectivity index (χ0n) is 24.3. The van der Waals surface area contributed by atoms with E-state index in [1.54, 1.807) is 14.2 Å². The molecule has 0 spiro atoms. The molecule has 0 unspecified atom stereocenters. The minimum absolute atomic E-state index is 0.803. The van der Waals surface area contributed by atoms with Gasteiger partial charge in [0, 0.05) is 74.9 Å². The van der Waals surface area contributed by atoms with Gasteiger partial charge in [0.05, 0.1) is 25.6 Å². The van der Waals surface area contributed by atoms with Gasteiger partial charge in [-0.3, -0.25) is 19.2 Å². The Morgan fingerprint density at radius 1 is 0.625 bits per heavy atom. The Morgan fingerprint density at radius 3 is 1.50 bits per heavy atom. The van der Waals surface area contributed by atoms with Crippen molar-refractivity contribution in [2.24, 2.45) is 0 Å². The van der Waals surface area contributed by atoms with Crippen LogP contribution in [0.4, 0.5) is 0 Å². The molecule has 0 aliphatic carbocycles. The van der Waals surface area contributed by atoms with Gasteiger partial charge in [-0.15, -0.1) is 0 Å². The lowest BCUT2D eigenvalue weighted by Gasteiger charge is -2.26. The number of aryl methyl sites for hydroxylation is 4. The number of nitrogens with zero attached hydrogens (tertiary/aromatic N) is 6. The fraction of sp³-hybridized carbons (Fsp3) is 0.438. The molecule has 2 aromatic carbocycles. The predicted molar refractivity (Wildman–Crippen MR) is 157 cm³/mol. The van der Waals surface area contributed by atoms with Crippen molar-refractivity contribution in [3.05, 3.63) is 94.6 Å². The molecule has 8 nitrogen and oxygen atoms in total. The van der Waals surface area contributed by atoms with E-state index >= 15 is 0 Å². The first kappa shape index (κ1) is 27.9. The third-order valence-electron chi connectivity index (χ3n) is 7.70. The van der Waals surface area contributed by atoms with Gasteiger partial charge in [-0.1, -0.05) is 36.4 Å². The monoisotopic (exact) mass is 542 g/mol. The number of ether oxygens (including phenoxy) is 2. The van der Waals surface area contributed by atoms with Crippen LogP contribution < -0.4 is 9.47 Å². The molecule has 3 heterocycles. The quantitative estimate of drug-likeness (QED) is 0.333. The highest BCUT2D eigenvalue weighted by atomic mass is 16.5. The Morgan fingerprint density at radius 2 is 1.05 bits per heavy atom. The van der Waals surface area contributed by atoms with Crippen molar-refractivity contribution in [3.8, 4) is 11.5 Å². The van der Waals surface area contributed by atoms with E-state index in [2.05, 4.69) is 69.4 Å². The molecule has 0 saturated carbocycles. The number of benzene rings is 2. The van der Waals surface area contributed by atoms with Crippen molar-refractivity contribution in [3.63, 3.8) is 0 Å². The van der Waals surface area contributed by atoms with Gasteiger partial charge < -0.3 is 9.47 Å². The number of para-hydroxylation sites is 2. The maximum Gasteiger partial charge on any atom is 0.123 e. The van der Waals surface area contributed by atoms with E-state index in [4.69, 9.17) is 19.7 Å². The predicted octanol–water partition coefficient (Wildman–Crippen LogP) is 5.21. The van der Waals surface area contributed by atoms with Crippen molar-refractivity contribution in [1.82, 2.24) is 29.4 Å². The SMILES string of the molecule is COc1ccccc1CN1CCCN(Cc2ccccc2OC)Cc2cc(C)n(n2)CCCn2nc(cc2C)C1. The molecular weight excluding hydrogens is 500 g/mol. The molecule has 1 aliphatic rings. The highest BCUT2D eigenvalue weighted by molar-refractivity contribution is 5.34. The Kier molecular flexibility index (Phi) is 9.19. The third-order valence-corrected chi connectivity index (χ3v) is 7.70. The van der Waals surface area contributed by atoms with Crippen LogP contribution in [0.5, 0.6) is 11.5 Å². The highest BCUT2D eigenvalue weighted by Gasteiger charge is 2.17. The summed E-state index contributed by atoms with van der Waals surface area (Å²) >= 11 is 0. The Hall–Kier alpha value is -3.62. The fourth-order valence-corrected chi connectivity index (χ4v) is 5.69. The summed E-state index contributed by atoms with van der Waals surface area (Å²) in [7, 11) is 3.49. The summed E-state index contributed by atoms with van der Waals surface area (Å²) in [4.78, 5) is 4.99. The second-order valence-electron chi connectivity index (χ2n) is 10.8. The van der Waals surface area contributed by atoms with Crippen LogP contribution in [0.3, 0.4) is 0 Å². The van der Waals surface area contributed by atoms with Crippen LogP contribution in [0.15, 0.2) is 60.7 Å². The third kappa shape index (κ3) is 6.92. The second kappa shape index (κ2) is 13.2. The molecular formula is C32H42N6O2. The van der Waals surface area contributed by atoms with E-state index in [0.717, 1.165) is 88.1 Å². The van der Waals surface area contributed by atoms with Gasteiger partial charge in [0.2, 0.25) is 0 Å². The number of hydrogen-bond donors (Lipinski definition) is 0. The number of aromatic nitrogens is 4. The normalized spacial score (nSPS) is 15.7. The first-order chi connectivity index (χ1) is 19.5. The Balaban J connectivity index is 1.41. The maximum atomic E-state index is 5.68. The highest BCUT2D eigenvalue weighted by Crippen LogP contribution is 2.23. The lowest BCUT2D eigenvalue weighted by atomic mass is 10.1. The second-order valence-corrected chi connectivity index (χ2v) is 10.8. The average Bonchev–Trinajstić information content (AvgIpc) is 3.48. The van der Waals surface area contributed by atoms with Crippen LogP contribution in [0, 0.1) is 13.8 Å². The number of hydrogen-bond acceptors (Lipinski definition) is 6. The number of methoxy groups -OCH3 is 2. The molecule has 5 rings (SSSR count). The summed E-state index contributed by atoms with van der Waals surface area (Å²) < 4.78 is 15.7. The fourth-order valence-electron chi connectivity index (χ4n) is 5.69. The molecule has 0 fully saturated rings. The van der Waals surface area contributed by atoms with Gasteiger partial charge in [0.25, 0.3) is 0 Å². The van der Waals surface area contributed by atoms with E-state index in [0.29, 0.717) is 0 Å². The lowest BCUT2D eigenvalue weighted by Crippen LogP contribution is -2.30. The van der Waals surface area contributed by atoms with Gasteiger partial charge in [0.1, 0.15) is 11.5 Å². The summed E-state index contributed by atoms with van der Waals surface area (Å²) in [5.74, 6) is 1.86. The molecule has 8 heteroatoms. The molecule has 0 N–H and O–H groups in total. The molecule has 212 valence electrons. The standard InChI is InChI=1S/C32H42N6O2/c1-25-19-29-23-35(21-27-11-5-7-13-31(27)39-3)15-9-16-36(22-28-12-6-8-14-32(28)40-4)24-30-20-26(2)38(34-30)18-10-17-37(25)33-29/h5-8,11-14,19-20H,9-10,15-18,21-24H2,1-4H3. The van der Waals surface area contributed by atoms with E-state index in [1.165, 1.54) is 22.5 Å². The van der Waals surface area contributed by atoms with Crippen molar-refractivity contribution >= 4 is 0 Å². The molecule has 40 heavy (non-hydrogen) atoms. The summed E-state index contributed by atoms with van der Waals surface area (Å²) in [6.07, 6.45) is 2.00. The topological polar surface area (TPSA) is 60.6 Å². The Labute approximate surface area is 238 Å². The molecule has 0 saturated heterocycles. The van der Waals surface area contributed by atoms with Crippen molar-refractivity contribution in [1.29, 1.82) is 0 Å². The van der Waals surface area contributed by atoms with Gasteiger partial charge >= 0.3 is 0 Å². The van der Waals surface area contributed by atoms with Gasteiger partial charge in [0.15, 0.2) is 0 Å². The molecule has 0 radical (unpaired) electrons. The van der Waals surface area contributed by atoms with Crippen LogP contribution >= 0.6 is 0 Å². The summed E-state index contributed by atoms with van der Waals surface area (Å²) in [5, 5.41) is 9.99. The minimum Gasteiger partial charge on any atom is -0.496 e. The molecule has 0 amide bonds. The smallest absolute Gasteiger partial charge is 0.123 e. The summed E-state index contributed by atoms with van der Waals surface area (Å²) in [6, 6.07) is 21.1. The van der Waals surface area contributed by atoms with E-state index < -0.39 is 0 Å². The van der Waals surface area contributed by atoms with Crippen LogP contribution in [0.2, 0.25) is 0 Å². The lowest BCUT2D eigenvalue weighted by molar-refractivity contribution is 0.201. The summed E-state index contributed by atoms with van der Waals surface area (Å²) in [6.45, 7) is 11.2. The van der Waals surface area contributed by atoms with Gasteiger partial charge in [-0.05, 0) is 51.0 Å². The molecule has 1 aliphatic heterocycles. The number of fused-ring (bicyclic) bond motifs is 4. The van der Waals surface area contributed by atoms with Crippen molar-refractivity contribution in [2.45, 2.75) is 66.0 Å². The first-order valence-electron chi connectivity index (χ1n) is 14.3. The van der Waals surface area contributed by atoms with Crippen LogP contribution in [-0.2, 0) is 39.3 Å². The van der Waals surface area contributed by atoms with Crippen LogP contribution in [0.1, 0.15) is 46.7 Å². The molecule has 0 atom stereocenters. The minimum atomic E-state index is 0.803. The summed E-state index contributed by atoms with van der Waals surface area (Å²) in [5.41, 5.74) is 7.03. The maximum absolute atomic E-state index is 5.68. The molecule has 4 bridgehead atoms. The molecule has 2 aromatic heterocycles. The van der Waals surface area contributed by atoms with Crippen LogP contribution in [-0.4, -0.2) is 56.7 Å².